The van der Waals surface area contributed by atoms with Crippen molar-refractivity contribution in [3.63, 3.8) is 0 Å². The quantitative estimate of drug-likeness (QED) is 0.656. The van der Waals surface area contributed by atoms with Crippen LogP contribution in [0.3, 0.4) is 0 Å². The maximum Gasteiger partial charge on any atom is 0.0898 e. The van der Waals surface area contributed by atoms with E-state index in [0.717, 1.165) is 19.3 Å². The van der Waals surface area contributed by atoms with Crippen LogP contribution in [0.25, 0.3) is 0 Å². The van der Waals surface area contributed by atoms with Crippen LogP contribution in [0.4, 0.5) is 0 Å². The van der Waals surface area contributed by atoms with Gasteiger partial charge in [0.05, 0.1) is 25.4 Å². The van der Waals surface area contributed by atoms with Gasteiger partial charge in [0.25, 0.3) is 0 Å². The first-order valence-electron chi connectivity index (χ1n) is 7.81. The summed E-state index contributed by atoms with van der Waals surface area (Å²) in [5, 5.41) is 22.6. The van der Waals surface area contributed by atoms with Gasteiger partial charge in [-0.2, -0.15) is 0 Å². The molecule has 0 bridgehead atoms. The number of rotatable bonds is 7. The molecule has 0 aromatic heterocycles. The van der Waals surface area contributed by atoms with Crippen molar-refractivity contribution in [3.8, 4) is 0 Å². The van der Waals surface area contributed by atoms with E-state index < -0.39 is 6.10 Å². The Labute approximate surface area is 116 Å². The van der Waals surface area contributed by atoms with Crippen molar-refractivity contribution < 1.29 is 14.9 Å². The van der Waals surface area contributed by atoms with E-state index in [1.54, 1.807) is 0 Å². The Balaban J connectivity index is 1.62. The summed E-state index contributed by atoms with van der Waals surface area (Å²) in [6.45, 7) is 3.33. The van der Waals surface area contributed by atoms with Gasteiger partial charge in [0.1, 0.15) is 0 Å². The highest BCUT2D eigenvalue weighted by molar-refractivity contribution is 4.95. The fourth-order valence-electron chi connectivity index (χ4n) is 3.15. The summed E-state index contributed by atoms with van der Waals surface area (Å²) in [6, 6.07) is 0. The molecular weight excluding hydrogens is 242 g/mol. The van der Waals surface area contributed by atoms with Gasteiger partial charge in [0.2, 0.25) is 0 Å². The van der Waals surface area contributed by atoms with Crippen molar-refractivity contribution in [2.24, 2.45) is 5.92 Å². The summed E-state index contributed by atoms with van der Waals surface area (Å²) >= 11 is 0. The molecule has 2 fully saturated rings. The highest BCUT2D eigenvalue weighted by Gasteiger charge is 2.36. The van der Waals surface area contributed by atoms with Crippen LogP contribution >= 0.6 is 0 Å². The summed E-state index contributed by atoms with van der Waals surface area (Å²) in [6.07, 6.45) is 7.96. The number of hydrogen-bond donors (Lipinski definition) is 3. The smallest absolute Gasteiger partial charge is 0.0898 e. The number of ether oxygens (including phenoxy) is 1. The number of aliphatic hydroxyl groups is 2. The molecule has 2 aliphatic rings. The van der Waals surface area contributed by atoms with E-state index in [9.17, 15) is 10.2 Å². The lowest BCUT2D eigenvalue weighted by Crippen LogP contribution is -2.56. The molecule has 112 valence electrons. The van der Waals surface area contributed by atoms with Crippen molar-refractivity contribution in [3.05, 3.63) is 0 Å². The van der Waals surface area contributed by atoms with Gasteiger partial charge >= 0.3 is 0 Å². The molecule has 3 unspecified atom stereocenters. The lowest BCUT2D eigenvalue weighted by molar-refractivity contribution is -0.0490. The SMILES string of the molecule is CC1CCCCC1OCC(O)CNC1(CO)CCC1. The van der Waals surface area contributed by atoms with E-state index in [-0.39, 0.29) is 12.1 Å². The molecule has 4 heteroatoms. The standard InChI is InChI=1S/C15H29NO3/c1-12-5-2-3-6-14(12)19-10-13(18)9-16-15(11-17)7-4-8-15/h12-14,16-18H,2-11H2,1H3. The molecule has 0 amide bonds. The number of nitrogens with one attached hydrogen (secondary N) is 1. The third kappa shape index (κ3) is 4.15. The Morgan fingerprint density at radius 3 is 2.58 bits per heavy atom. The average molecular weight is 271 g/mol. The minimum Gasteiger partial charge on any atom is -0.394 e. The molecule has 0 heterocycles. The molecule has 0 aromatic carbocycles. The van der Waals surface area contributed by atoms with Crippen LogP contribution in [-0.4, -0.2) is 47.7 Å². The fraction of sp³-hybridized carbons (Fsp3) is 1.00. The normalized spacial score (nSPS) is 31.7. The van der Waals surface area contributed by atoms with Gasteiger partial charge in [-0.25, -0.2) is 0 Å². The van der Waals surface area contributed by atoms with Gasteiger partial charge < -0.3 is 20.3 Å². The topological polar surface area (TPSA) is 61.7 Å². The molecule has 4 nitrogen and oxygen atoms in total. The van der Waals surface area contributed by atoms with Crippen LogP contribution in [0.5, 0.6) is 0 Å². The van der Waals surface area contributed by atoms with Crippen molar-refractivity contribution >= 4 is 0 Å². The second-order valence-corrected chi connectivity index (χ2v) is 6.46. The average Bonchev–Trinajstić information content (AvgIpc) is 2.37. The number of β-amino-alcohol motifs (C(OH)–C–C–N with tert-alkyl or cyclic N) is 1. The monoisotopic (exact) mass is 271 g/mol. The minimum absolute atomic E-state index is 0.126. The number of aliphatic hydroxyl groups excluding tert-OH is 2. The molecule has 0 radical (unpaired) electrons. The molecule has 3 N–H and O–H groups in total. The van der Waals surface area contributed by atoms with Crippen LogP contribution in [0, 0.1) is 5.92 Å². The van der Waals surface area contributed by atoms with Gasteiger partial charge in [-0.15, -0.1) is 0 Å². The molecule has 0 aromatic rings. The highest BCUT2D eigenvalue weighted by Crippen LogP contribution is 2.31. The largest absolute Gasteiger partial charge is 0.394 e. The van der Waals surface area contributed by atoms with Crippen molar-refractivity contribution in [1.82, 2.24) is 5.32 Å². The minimum atomic E-state index is -0.474. The highest BCUT2D eigenvalue weighted by atomic mass is 16.5. The summed E-state index contributed by atoms with van der Waals surface area (Å²) in [4.78, 5) is 0. The molecule has 2 saturated carbocycles. The summed E-state index contributed by atoms with van der Waals surface area (Å²) in [7, 11) is 0. The van der Waals surface area contributed by atoms with Gasteiger partial charge in [-0.05, 0) is 38.0 Å². The molecule has 0 spiro atoms. The first-order valence-corrected chi connectivity index (χ1v) is 7.81. The van der Waals surface area contributed by atoms with Gasteiger partial charge in [-0.3, -0.25) is 0 Å². The summed E-state index contributed by atoms with van der Waals surface area (Å²) in [5.41, 5.74) is -0.126. The van der Waals surface area contributed by atoms with E-state index in [2.05, 4.69) is 12.2 Å². The first kappa shape index (κ1) is 15.2. The second kappa shape index (κ2) is 7.02. The predicted molar refractivity (Wildman–Crippen MR) is 75.0 cm³/mol. The van der Waals surface area contributed by atoms with Gasteiger partial charge in [-0.1, -0.05) is 19.8 Å². The van der Waals surface area contributed by atoms with Gasteiger partial charge in [0.15, 0.2) is 0 Å². The fourth-order valence-corrected chi connectivity index (χ4v) is 3.15. The zero-order valence-electron chi connectivity index (χ0n) is 12.1. The van der Waals surface area contributed by atoms with Gasteiger partial charge in [0, 0.05) is 12.1 Å². The van der Waals surface area contributed by atoms with Crippen LogP contribution in [-0.2, 0) is 4.74 Å². The maximum absolute atomic E-state index is 9.98. The molecule has 0 saturated heterocycles. The van der Waals surface area contributed by atoms with E-state index in [1.807, 2.05) is 0 Å². The second-order valence-electron chi connectivity index (χ2n) is 6.46. The van der Waals surface area contributed by atoms with Crippen LogP contribution in [0.1, 0.15) is 51.9 Å². The van der Waals surface area contributed by atoms with E-state index >= 15 is 0 Å². The van der Waals surface area contributed by atoms with Crippen LogP contribution in [0.2, 0.25) is 0 Å². The van der Waals surface area contributed by atoms with Crippen LogP contribution < -0.4 is 5.32 Å². The molecule has 2 aliphatic carbocycles. The van der Waals surface area contributed by atoms with Crippen molar-refractivity contribution in [2.75, 3.05) is 19.8 Å². The Morgan fingerprint density at radius 1 is 1.26 bits per heavy atom. The summed E-state index contributed by atoms with van der Waals surface area (Å²) in [5.74, 6) is 0.615. The predicted octanol–water partition coefficient (Wildman–Crippen LogP) is 1.45. The maximum atomic E-state index is 9.98. The Kier molecular flexibility index (Phi) is 5.63. The van der Waals surface area contributed by atoms with Crippen molar-refractivity contribution in [2.45, 2.75) is 69.6 Å². The molecule has 19 heavy (non-hydrogen) atoms. The van der Waals surface area contributed by atoms with Crippen LogP contribution in [0.15, 0.2) is 0 Å². The van der Waals surface area contributed by atoms with Crippen molar-refractivity contribution in [1.29, 1.82) is 0 Å². The lowest BCUT2D eigenvalue weighted by atomic mass is 9.77. The molecule has 3 atom stereocenters. The Bertz CT molecular complexity index is 263. The molecular formula is C15H29NO3. The zero-order valence-corrected chi connectivity index (χ0v) is 12.1. The first-order chi connectivity index (χ1) is 9.15. The lowest BCUT2D eigenvalue weighted by Gasteiger charge is -2.41. The number of hydrogen-bond acceptors (Lipinski definition) is 4. The summed E-state index contributed by atoms with van der Waals surface area (Å²) < 4.78 is 5.86. The van der Waals surface area contributed by atoms with E-state index in [1.165, 1.54) is 25.7 Å². The van der Waals surface area contributed by atoms with E-state index in [4.69, 9.17) is 4.74 Å². The molecule has 0 aliphatic heterocycles. The third-order valence-electron chi connectivity index (χ3n) is 4.86. The third-order valence-corrected chi connectivity index (χ3v) is 4.86. The Hall–Kier alpha value is -0.160. The van der Waals surface area contributed by atoms with E-state index in [0.29, 0.717) is 25.2 Å². The Morgan fingerprint density at radius 2 is 2.00 bits per heavy atom. The molecule has 2 rings (SSSR count). The zero-order chi connectivity index (χ0) is 13.7.